The summed E-state index contributed by atoms with van der Waals surface area (Å²) in [6.45, 7) is 3.85. The SMILES string of the molecule is CCC(Br)C(=O)Nc1cccc(C)c1Cl. The monoisotopic (exact) mass is 289 g/mol. The fourth-order valence-electron chi connectivity index (χ4n) is 1.14. The van der Waals surface area contributed by atoms with Crippen molar-refractivity contribution in [1.29, 1.82) is 0 Å². The molecule has 15 heavy (non-hydrogen) atoms. The number of halogens is 2. The largest absolute Gasteiger partial charge is 0.324 e. The molecule has 0 spiro atoms. The number of amides is 1. The van der Waals surface area contributed by atoms with Gasteiger partial charge in [0, 0.05) is 0 Å². The van der Waals surface area contributed by atoms with E-state index in [0.717, 1.165) is 12.0 Å². The van der Waals surface area contributed by atoms with Crippen LogP contribution in [0.4, 0.5) is 5.69 Å². The molecule has 4 heteroatoms. The molecule has 1 aromatic carbocycles. The van der Waals surface area contributed by atoms with Crippen molar-refractivity contribution in [3.05, 3.63) is 28.8 Å². The van der Waals surface area contributed by atoms with Crippen molar-refractivity contribution in [2.24, 2.45) is 0 Å². The first-order chi connectivity index (χ1) is 7.06. The lowest BCUT2D eigenvalue weighted by Gasteiger charge is -2.11. The van der Waals surface area contributed by atoms with Crippen molar-refractivity contribution in [2.45, 2.75) is 25.1 Å². The molecular formula is C11H13BrClNO. The molecule has 82 valence electrons. The van der Waals surface area contributed by atoms with Gasteiger partial charge in [-0.3, -0.25) is 4.79 Å². The standard InChI is InChI=1S/C11H13BrClNO/c1-3-8(12)11(15)14-9-6-4-5-7(2)10(9)13/h4-6,8H,3H2,1-2H3,(H,14,15). The molecule has 1 aromatic rings. The third-order valence-electron chi connectivity index (χ3n) is 2.09. The van der Waals surface area contributed by atoms with E-state index >= 15 is 0 Å². The first-order valence-corrected chi connectivity index (χ1v) is 6.05. The summed E-state index contributed by atoms with van der Waals surface area (Å²) in [5.41, 5.74) is 1.62. The highest BCUT2D eigenvalue weighted by atomic mass is 79.9. The van der Waals surface area contributed by atoms with Crippen LogP contribution in [-0.4, -0.2) is 10.7 Å². The second kappa shape index (κ2) is 5.52. The lowest BCUT2D eigenvalue weighted by atomic mass is 10.2. The number of rotatable bonds is 3. The number of aryl methyl sites for hydroxylation is 1. The number of benzene rings is 1. The molecule has 2 nitrogen and oxygen atoms in total. The highest BCUT2D eigenvalue weighted by molar-refractivity contribution is 9.10. The van der Waals surface area contributed by atoms with E-state index in [1.165, 1.54) is 0 Å². The van der Waals surface area contributed by atoms with Gasteiger partial charge in [-0.25, -0.2) is 0 Å². The molecule has 0 aliphatic rings. The number of nitrogens with one attached hydrogen (secondary N) is 1. The van der Waals surface area contributed by atoms with Gasteiger partial charge >= 0.3 is 0 Å². The van der Waals surface area contributed by atoms with Gasteiger partial charge in [0.2, 0.25) is 5.91 Å². The van der Waals surface area contributed by atoms with Crippen LogP contribution in [0.15, 0.2) is 18.2 Å². The van der Waals surface area contributed by atoms with Crippen LogP contribution in [0.2, 0.25) is 5.02 Å². The van der Waals surface area contributed by atoms with E-state index in [0.29, 0.717) is 10.7 Å². The van der Waals surface area contributed by atoms with Gasteiger partial charge in [-0.05, 0) is 25.0 Å². The highest BCUT2D eigenvalue weighted by Gasteiger charge is 2.13. The number of alkyl halides is 1. The predicted molar refractivity (Wildman–Crippen MR) is 67.8 cm³/mol. The van der Waals surface area contributed by atoms with Crippen molar-refractivity contribution in [3.63, 3.8) is 0 Å². The zero-order valence-corrected chi connectivity index (χ0v) is 11.0. The summed E-state index contributed by atoms with van der Waals surface area (Å²) < 4.78 is 0. The molecule has 1 unspecified atom stereocenters. The average molecular weight is 291 g/mol. The Kier molecular flexibility index (Phi) is 4.61. The van der Waals surface area contributed by atoms with E-state index in [1.54, 1.807) is 6.07 Å². The summed E-state index contributed by atoms with van der Waals surface area (Å²) in [6.07, 6.45) is 0.745. The zero-order valence-electron chi connectivity index (χ0n) is 8.68. The van der Waals surface area contributed by atoms with E-state index in [9.17, 15) is 4.79 Å². The first kappa shape index (κ1) is 12.5. The van der Waals surface area contributed by atoms with E-state index in [-0.39, 0.29) is 10.7 Å². The molecule has 0 radical (unpaired) electrons. The number of hydrogen-bond donors (Lipinski definition) is 1. The minimum atomic E-state index is -0.172. The summed E-state index contributed by atoms with van der Waals surface area (Å²) in [5, 5.41) is 3.38. The Morgan fingerprint density at radius 1 is 1.60 bits per heavy atom. The summed E-state index contributed by atoms with van der Waals surface area (Å²) >= 11 is 9.34. The first-order valence-electron chi connectivity index (χ1n) is 4.76. The van der Waals surface area contributed by atoms with Crippen LogP contribution in [0.3, 0.4) is 0 Å². The fourth-order valence-corrected chi connectivity index (χ4v) is 1.43. The normalized spacial score (nSPS) is 12.3. The smallest absolute Gasteiger partial charge is 0.238 e. The second-order valence-corrected chi connectivity index (χ2v) is 4.78. The fraction of sp³-hybridized carbons (Fsp3) is 0.364. The number of hydrogen-bond acceptors (Lipinski definition) is 1. The van der Waals surface area contributed by atoms with Crippen LogP contribution < -0.4 is 5.32 Å². The maximum atomic E-state index is 11.6. The van der Waals surface area contributed by atoms with Crippen LogP contribution in [0.25, 0.3) is 0 Å². The second-order valence-electron chi connectivity index (χ2n) is 3.30. The minimum absolute atomic E-state index is 0.0648. The highest BCUT2D eigenvalue weighted by Crippen LogP contribution is 2.25. The molecule has 1 N–H and O–H groups in total. The summed E-state index contributed by atoms with van der Waals surface area (Å²) in [7, 11) is 0. The molecule has 0 aliphatic heterocycles. The average Bonchev–Trinajstić information content (AvgIpc) is 2.23. The van der Waals surface area contributed by atoms with Crippen LogP contribution in [0.1, 0.15) is 18.9 Å². The quantitative estimate of drug-likeness (QED) is 0.844. The Morgan fingerprint density at radius 3 is 2.87 bits per heavy atom. The Bertz CT molecular complexity index is 368. The Balaban J connectivity index is 2.81. The van der Waals surface area contributed by atoms with Gasteiger partial charge in [-0.1, -0.05) is 46.6 Å². The van der Waals surface area contributed by atoms with E-state index in [1.807, 2.05) is 26.0 Å². The maximum absolute atomic E-state index is 11.6. The van der Waals surface area contributed by atoms with Crippen molar-refractivity contribution in [1.82, 2.24) is 0 Å². The molecule has 0 aliphatic carbocycles. The lowest BCUT2D eigenvalue weighted by molar-refractivity contribution is -0.115. The summed E-state index contributed by atoms with van der Waals surface area (Å²) in [4.78, 5) is 11.4. The van der Waals surface area contributed by atoms with Crippen molar-refractivity contribution in [2.75, 3.05) is 5.32 Å². The Morgan fingerprint density at radius 2 is 2.27 bits per heavy atom. The predicted octanol–water partition coefficient (Wildman–Crippen LogP) is 3.76. The Hall–Kier alpha value is -0.540. The number of carbonyl (C=O) groups is 1. The lowest BCUT2D eigenvalue weighted by Crippen LogP contribution is -2.22. The summed E-state index contributed by atoms with van der Waals surface area (Å²) in [6, 6.07) is 5.57. The van der Waals surface area contributed by atoms with E-state index < -0.39 is 0 Å². The van der Waals surface area contributed by atoms with Gasteiger partial charge in [0.05, 0.1) is 15.5 Å². The molecule has 1 amide bonds. The third-order valence-corrected chi connectivity index (χ3v) is 3.66. The van der Waals surface area contributed by atoms with E-state index in [4.69, 9.17) is 11.6 Å². The molecule has 1 rings (SSSR count). The molecule has 0 bridgehead atoms. The van der Waals surface area contributed by atoms with Gasteiger partial charge in [-0.15, -0.1) is 0 Å². The van der Waals surface area contributed by atoms with Crippen molar-refractivity contribution < 1.29 is 4.79 Å². The van der Waals surface area contributed by atoms with Crippen LogP contribution in [-0.2, 0) is 4.79 Å². The molecular weight excluding hydrogens is 277 g/mol. The third kappa shape index (κ3) is 3.21. The van der Waals surface area contributed by atoms with E-state index in [2.05, 4.69) is 21.2 Å². The van der Waals surface area contributed by atoms with Crippen LogP contribution in [0, 0.1) is 6.92 Å². The molecule has 0 saturated heterocycles. The van der Waals surface area contributed by atoms with Crippen LogP contribution in [0.5, 0.6) is 0 Å². The zero-order chi connectivity index (χ0) is 11.4. The van der Waals surface area contributed by atoms with Crippen molar-refractivity contribution in [3.8, 4) is 0 Å². The maximum Gasteiger partial charge on any atom is 0.238 e. The molecule has 0 heterocycles. The molecule has 0 fully saturated rings. The van der Waals surface area contributed by atoms with Crippen LogP contribution >= 0.6 is 27.5 Å². The Labute approximate surface area is 103 Å². The van der Waals surface area contributed by atoms with Gasteiger partial charge in [0.1, 0.15) is 0 Å². The van der Waals surface area contributed by atoms with Crippen molar-refractivity contribution >= 4 is 39.1 Å². The van der Waals surface area contributed by atoms with Gasteiger partial charge in [0.15, 0.2) is 0 Å². The molecule has 1 atom stereocenters. The summed E-state index contributed by atoms with van der Waals surface area (Å²) in [5.74, 6) is -0.0648. The molecule has 0 aromatic heterocycles. The topological polar surface area (TPSA) is 29.1 Å². The minimum Gasteiger partial charge on any atom is -0.324 e. The van der Waals surface area contributed by atoms with Gasteiger partial charge in [0.25, 0.3) is 0 Å². The van der Waals surface area contributed by atoms with Gasteiger partial charge in [-0.2, -0.15) is 0 Å². The molecule has 0 saturated carbocycles. The number of anilines is 1. The number of carbonyl (C=O) groups excluding carboxylic acids is 1. The van der Waals surface area contributed by atoms with Gasteiger partial charge < -0.3 is 5.32 Å².